The summed E-state index contributed by atoms with van der Waals surface area (Å²) in [5, 5.41) is 2.89. The molecule has 0 heterocycles. The molecule has 0 unspecified atom stereocenters. The van der Waals surface area contributed by atoms with Gasteiger partial charge in [-0.2, -0.15) is 0 Å². The van der Waals surface area contributed by atoms with Crippen LogP contribution in [0.15, 0.2) is 24.3 Å². The van der Waals surface area contributed by atoms with E-state index in [1.54, 1.807) is 24.3 Å². The summed E-state index contributed by atoms with van der Waals surface area (Å²) in [5.41, 5.74) is 0.433. The lowest BCUT2D eigenvalue weighted by molar-refractivity contribution is 0.112. The van der Waals surface area contributed by atoms with E-state index in [1.807, 2.05) is 0 Å². The van der Waals surface area contributed by atoms with Crippen LogP contribution < -0.4 is 0 Å². The van der Waals surface area contributed by atoms with Crippen molar-refractivity contribution in [3.05, 3.63) is 44.9 Å². The minimum atomic E-state index is 0.381. The molecule has 2 rings (SSSR count). The normalized spacial score (nSPS) is 10.6. The highest BCUT2D eigenvalue weighted by molar-refractivity contribution is 6.42. The number of hydrogen-bond acceptors (Lipinski definition) is 1. The van der Waals surface area contributed by atoms with Crippen LogP contribution in [-0.4, -0.2) is 6.29 Å². The molecule has 15 heavy (non-hydrogen) atoms. The predicted molar refractivity (Wildman–Crippen MR) is 64.4 cm³/mol. The zero-order valence-corrected chi connectivity index (χ0v) is 9.70. The second kappa shape index (κ2) is 4.01. The lowest BCUT2D eigenvalue weighted by Crippen LogP contribution is -1.84. The van der Waals surface area contributed by atoms with Crippen LogP contribution in [-0.2, 0) is 0 Å². The molecular formula is C11H5Cl3O. The molecule has 0 atom stereocenters. The van der Waals surface area contributed by atoms with Gasteiger partial charge in [-0.1, -0.05) is 40.9 Å². The van der Waals surface area contributed by atoms with Gasteiger partial charge in [-0.25, -0.2) is 0 Å². The molecule has 0 aliphatic heterocycles. The molecule has 0 fully saturated rings. The molecule has 0 aliphatic carbocycles. The largest absolute Gasteiger partial charge is 0.298 e. The molecule has 0 saturated heterocycles. The maximum absolute atomic E-state index is 10.7. The maximum atomic E-state index is 10.7. The number of fused-ring (bicyclic) bond motifs is 1. The Bertz CT molecular complexity index is 549. The summed E-state index contributed by atoms with van der Waals surface area (Å²) in [7, 11) is 0. The average molecular weight is 260 g/mol. The van der Waals surface area contributed by atoms with E-state index in [9.17, 15) is 4.79 Å². The zero-order chi connectivity index (χ0) is 11.0. The van der Waals surface area contributed by atoms with E-state index in [4.69, 9.17) is 34.8 Å². The van der Waals surface area contributed by atoms with Crippen molar-refractivity contribution in [2.45, 2.75) is 0 Å². The molecule has 0 N–H and O–H groups in total. The van der Waals surface area contributed by atoms with Crippen LogP contribution in [0.4, 0.5) is 0 Å². The molecule has 2 aromatic rings. The van der Waals surface area contributed by atoms with E-state index in [2.05, 4.69) is 0 Å². The van der Waals surface area contributed by atoms with Gasteiger partial charge in [-0.05, 0) is 18.2 Å². The molecular weight excluding hydrogens is 254 g/mol. The predicted octanol–water partition coefficient (Wildman–Crippen LogP) is 4.61. The summed E-state index contributed by atoms with van der Waals surface area (Å²) in [5.74, 6) is 0. The van der Waals surface area contributed by atoms with Crippen LogP contribution in [0, 0.1) is 0 Å². The topological polar surface area (TPSA) is 17.1 Å². The molecule has 76 valence electrons. The van der Waals surface area contributed by atoms with Crippen molar-refractivity contribution >= 4 is 51.9 Å². The summed E-state index contributed by atoms with van der Waals surface area (Å²) >= 11 is 17.9. The second-order valence-electron chi connectivity index (χ2n) is 3.07. The first-order valence-corrected chi connectivity index (χ1v) is 5.29. The Balaban J connectivity index is 2.92. The first kappa shape index (κ1) is 10.7. The van der Waals surface area contributed by atoms with Crippen LogP contribution >= 0.6 is 34.8 Å². The summed E-state index contributed by atoms with van der Waals surface area (Å²) in [6.45, 7) is 0. The van der Waals surface area contributed by atoms with Crippen molar-refractivity contribution in [1.29, 1.82) is 0 Å². The number of rotatable bonds is 1. The molecule has 1 nitrogen and oxygen atoms in total. The number of benzene rings is 2. The second-order valence-corrected chi connectivity index (χ2v) is 4.29. The van der Waals surface area contributed by atoms with Gasteiger partial charge in [-0.15, -0.1) is 0 Å². The third kappa shape index (κ3) is 1.83. The molecule has 0 spiro atoms. The van der Waals surface area contributed by atoms with Crippen molar-refractivity contribution in [2.75, 3.05) is 0 Å². The maximum Gasteiger partial charge on any atom is 0.151 e. The molecule has 0 bridgehead atoms. The van der Waals surface area contributed by atoms with E-state index < -0.39 is 0 Å². The Morgan fingerprint density at radius 2 is 1.73 bits per heavy atom. The van der Waals surface area contributed by atoms with Gasteiger partial charge in [-0.3, -0.25) is 4.79 Å². The Morgan fingerprint density at radius 1 is 1.00 bits per heavy atom. The monoisotopic (exact) mass is 258 g/mol. The van der Waals surface area contributed by atoms with Crippen LogP contribution in [0.2, 0.25) is 15.1 Å². The fourth-order valence-corrected chi connectivity index (χ4v) is 2.25. The van der Waals surface area contributed by atoms with Gasteiger partial charge in [0.25, 0.3) is 0 Å². The summed E-state index contributed by atoms with van der Waals surface area (Å²) in [4.78, 5) is 10.7. The molecule has 4 heteroatoms. The first-order chi connectivity index (χ1) is 7.13. The summed E-state index contributed by atoms with van der Waals surface area (Å²) in [6, 6.07) is 6.72. The lowest BCUT2D eigenvalue weighted by atomic mass is 10.1. The van der Waals surface area contributed by atoms with Gasteiger partial charge in [0.2, 0.25) is 0 Å². The number of hydrogen-bond donors (Lipinski definition) is 0. The van der Waals surface area contributed by atoms with Gasteiger partial charge in [0.05, 0.1) is 5.02 Å². The van der Waals surface area contributed by atoms with Crippen molar-refractivity contribution in [2.24, 2.45) is 0 Å². The van der Waals surface area contributed by atoms with Crippen molar-refractivity contribution in [3.8, 4) is 0 Å². The number of aldehydes is 1. The van der Waals surface area contributed by atoms with E-state index in [-0.39, 0.29) is 0 Å². The van der Waals surface area contributed by atoms with Gasteiger partial charge < -0.3 is 0 Å². The Morgan fingerprint density at radius 3 is 2.40 bits per heavy atom. The SMILES string of the molecule is O=Cc1ccc2c(Cl)cc(Cl)cc2c1Cl. The Labute approximate surface area is 102 Å². The lowest BCUT2D eigenvalue weighted by Gasteiger charge is -2.05. The highest BCUT2D eigenvalue weighted by atomic mass is 35.5. The van der Waals surface area contributed by atoms with E-state index in [1.165, 1.54) is 0 Å². The number of carbonyl (C=O) groups excluding carboxylic acids is 1. The quantitative estimate of drug-likeness (QED) is 0.683. The van der Waals surface area contributed by atoms with Crippen molar-refractivity contribution < 1.29 is 4.79 Å². The summed E-state index contributed by atoms with van der Waals surface area (Å²) in [6.07, 6.45) is 0.705. The van der Waals surface area contributed by atoms with Crippen LogP contribution in [0.3, 0.4) is 0 Å². The third-order valence-corrected chi connectivity index (χ3v) is 3.09. The van der Waals surface area contributed by atoms with Crippen molar-refractivity contribution in [3.63, 3.8) is 0 Å². The zero-order valence-electron chi connectivity index (χ0n) is 7.43. The van der Waals surface area contributed by atoms with Gasteiger partial charge >= 0.3 is 0 Å². The average Bonchev–Trinajstić information content (AvgIpc) is 2.19. The standard InChI is InChI=1S/C11H5Cl3O/c12-7-3-9-8(10(13)4-7)2-1-6(5-15)11(9)14/h1-5H. The minimum absolute atomic E-state index is 0.381. The van der Waals surface area contributed by atoms with Crippen LogP contribution in [0.1, 0.15) is 10.4 Å². The molecule has 0 amide bonds. The highest BCUT2D eigenvalue weighted by Gasteiger charge is 2.08. The number of carbonyl (C=O) groups is 1. The van der Waals surface area contributed by atoms with Gasteiger partial charge in [0.15, 0.2) is 6.29 Å². The number of halogens is 3. The fourth-order valence-electron chi connectivity index (χ4n) is 1.43. The van der Waals surface area contributed by atoms with Crippen LogP contribution in [0.25, 0.3) is 10.8 Å². The Kier molecular flexibility index (Phi) is 2.87. The van der Waals surface area contributed by atoms with E-state index in [0.29, 0.717) is 32.3 Å². The Hall–Kier alpha value is -0.760. The molecule has 2 aromatic carbocycles. The first-order valence-electron chi connectivity index (χ1n) is 4.16. The molecule has 0 saturated carbocycles. The third-order valence-electron chi connectivity index (χ3n) is 2.14. The highest BCUT2D eigenvalue weighted by Crippen LogP contribution is 2.33. The smallest absolute Gasteiger partial charge is 0.151 e. The van der Waals surface area contributed by atoms with Crippen molar-refractivity contribution in [1.82, 2.24) is 0 Å². The van der Waals surface area contributed by atoms with E-state index >= 15 is 0 Å². The van der Waals surface area contributed by atoms with Crippen LogP contribution in [0.5, 0.6) is 0 Å². The molecule has 0 radical (unpaired) electrons. The summed E-state index contributed by atoms with van der Waals surface area (Å²) < 4.78 is 0. The van der Waals surface area contributed by atoms with E-state index in [0.717, 1.165) is 5.39 Å². The molecule has 0 aromatic heterocycles. The van der Waals surface area contributed by atoms with Gasteiger partial charge in [0.1, 0.15) is 0 Å². The fraction of sp³-hybridized carbons (Fsp3) is 0. The molecule has 0 aliphatic rings. The van der Waals surface area contributed by atoms with Gasteiger partial charge in [0, 0.05) is 26.4 Å². The minimum Gasteiger partial charge on any atom is -0.298 e.